The number of carbonyl (C=O) groups is 1. The fourth-order valence-electron chi connectivity index (χ4n) is 4.80. The number of benzene rings is 1. The van der Waals surface area contributed by atoms with E-state index < -0.39 is 0 Å². The second-order valence-corrected chi connectivity index (χ2v) is 10.3. The lowest BCUT2D eigenvalue weighted by Gasteiger charge is -2.31. The number of nitrogens with zero attached hydrogens (tertiary/aromatic N) is 4. The molecule has 5 rings (SSSR count). The Bertz CT molecular complexity index is 1300. The van der Waals surface area contributed by atoms with Gasteiger partial charge in [-0.25, -0.2) is 0 Å². The highest BCUT2D eigenvalue weighted by molar-refractivity contribution is 7.07. The fourth-order valence-corrected chi connectivity index (χ4v) is 5.46. The lowest BCUT2D eigenvalue weighted by atomic mass is 9.81. The van der Waals surface area contributed by atoms with Crippen molar-refractivity contribution in [3.05, 3.63) is 93.7 Å². The molecule has 4 aromatic rings. The van der Waals surface area contributed by atoms with E-state index in [1.807, 2.05) is 46.2 Å². The number of carbonyl (C=O) groups excluding carboxylic acids is 1. The Labute approximate surface area is 222 Å². The molecule has 1 unspecified atom stereocenters. The van der Waals surface area contributed by atoms with Crippen molar-refractivity contribution in [2.45, 2.75) is 58.0 Å². The molecule has 36 heavy (non-hydrogen) atoms. The van der Waals surface area contributed by atoms with Crippen LogP contribution in [0.2, 0.25) is 0 Å². The van der Waals surface area contributed by atoms with Crippen LogP contribution in [-0.2, 0) is 24.3 Å². The van der Waals surface area contributed by atoms with Gasteiger partial charge in [-0.05, 0) is 76.9 Å². The number of phenolic OH excluding ortho intramolecular Hbond substituents is 1. The van der Waals surface area contributed by atoms with E-state index in [4.69, 9.17) is 0 Å². The molecule has 0 saturated heterocycles. The standard InChI is InChI=1S/C28H30N4O2S.ClH/c1-19(2)26-10-9-22(14-29-26)32(17-21-13-30-31(16-21)15-20-11-12-35-18-20)28(34)25-7-3-6-24-23(25)5-4-8-27(24)33;/h4-5,8-14,16,18-19,25,33H,3,6-7,15,17H2,1-2H3;1H. The van der Waals surface area contributed by atoms with Crippen LogP contribution < -0.4 is 4.90 Å². The van der Waals surface area contributed by atoms with Gasteiger partial charge in [-0.3, -0.25) is 14.5 Å². The average Bonchev–Trinajstić information content (AvgIpc) is 3.54. The van der Waals surface area contributed by atoms with Crippen molar-refractivity contribution < 1.29 is 9.90 Å². The van der Waals surface area contributed by atoms with E-state index >= 15 is 0 Å². The molecule has 188 valence electrons. The van der Waals surface area contributed by atoms with Gasteiger partial charge in [0.15, 0.2) is 0 Å². The van der Waals surface area contributed by atoms with Crippen LogP contribution in [0.3, 0.4) is 0 Å². The lowest BCUT2D eigenvalue weighted by molar-refractivity contribution is -0.120. The van der Waals surface area contributed by atoms with E-state index in [9.17, 15) is 9.90 Å². The molecule has 6 nitrogen and oxygen atoms in total. The molecule has 1 aromatic carbocycles. The molecule has 1 aliphatic carbocycles. The maximum absolute atomic E-state index is 14.0. The summed E-state index contributed by atoms with van der Waals surface area (Å²) in [5.74, 6) is 0.332. The van der Waals surface area contributed by atoms with Gasteiger partial charge in [0.25, 0.3) is 0 Å². The van der Waals surface area contributed by atoms with Crippen LogP contribution in [0.25, 0.3) is 0 Å². The Morgan fingerprint density at radius 1 is 1.19 bits per heavy atom. The molecule has 0 radical (unpaired) electrons. The first-order chi connectivity index (χ1) is 17.0. The van der Waals surface area contributed by atoms with Gasteiger partial charge in [0.05, 0.1) is 37.1 Å². The molecule has 0 fully saturated rings. The van der Waals surface area contributed by atoms with E-state index in [1.54, 1.807) is 23.6 Å². The lowest BCUT2D eigenvalue weighted by Crippen LogP contribution is -2.36. The maximum atomic E-state index is 14.0. The number of aromatic hydroxyl groups is 1. The number of pyridine rings is 1. The number of hydrogen-bond acceptors (Lipinski definition) is 5. The minimum absolute atomic E-state index is 0. The third kappa shape index (κ3) is 5.47. The minimum Gasteiger partial charge on any atom is -0.508 e. The molecule has 1 aliphatic rings. The monoisotopic (exact) mass is 522 g/mol. The van der Waals surface area contributed by atoms with Crippen LogP contribution in [0.1, 0.15) is 66.5 Å². The van der Waals surface area contributed by atoms with E-state index in [-0.39, 0.29) is 30.0 Å². The van der Waals surface area contributed by atoms with E-state index in [1.165, 1.54) is 5.56 Å². The van der Waals surface area contributed by atoms with Gasteiger partial charge in [-0.15, -0.1) is 12.4 Å². The van der Waals surface area contributed by atoms with E-state index in [0.29, 0.717) is 19.0 Å². The molecule has 3 heterocycles. The van der Waals surface area contributed by atoms with Crippen molar-refractivity contribution in [1.82, 2.24) is 14.8 Å². The number of phenols is 1. The zero-order chi connectivity index (χ0) is 24.4. The van der Waals surface area contributed by atoms with Crippen molar-refractivity contribution in [3.8, 4) is 5.75 Å². The van der Waals surface area contributed by atoms with Gasteiger partial charge < -0.3 is 10.0 Å². The Morgan fingerprint density at radius 3 is 2.78 bits per heavy atom. The summed E-state index contributed by atoms with van der Waals surface area (Å²) in [6.45, 7) is 5.34. The predicted molar refractivity (Wildman–Crippen MR) is 146 cm³/mol. The smallest absolute Gasteiger partial charge is 0.234 e. The van der Waals surface area contributed by atoms with Crippen LogP contribution in [0, 0.1) is 0 Å². The van der Waals surface area contributed by atoms with Gasteiger partial charge in [-0.1, -0.05) is 26.0 Å². The van der Waals surface area contributed by atoms with Gasteiger partial charge in [0, 0.05) is 17.5 Å². The molecule has 8 heteroatoms. The minimum atomic E-state index is -0.295. The molecule has 0 bridgehead atoms. The molecule has 1 N–H and O–H groups in total. The molecule has 1 atom stereocenters. The molecule has 0 saturated carbocycles. The summed E-state index contributed by atoms with van der Waals surface area (Å²) in [5, 5.41) is 19.1. The number of halogens is 1. The first-order valence-electron chi connectivity index (χ1n) is 12.1. The quantitative estimate of drug-likeness (QED) is 0.309. The Morgan fingerprint density at radius 2 is 2.06 bits per heavy atom. The molecule has 0 spiro atoms. The van der Waals surface area contributed by atoms with Gasteiger partial charge in [-0.2, -0.15) is 16.4 Å². The fraction of sp³-hybridized carbons (Fsp3) is 0.321. The topological polar surface area (TPSA) is 71.2 Å². The van der Waals surface area contributed by atoms with Crippen molar-refractivity contribution in [3.63, 3.8) is 0 Å². The highest BCUT2D eigenvalue weighted by Crippen LogP contribution is 2.38. The normalized spacial score (nSPS) is 14.8. The number of amides is 1. The number of hydrogen-bond donors (Lipinski definition) is 1. The highest BCUT2D eigenvalue weighted by Gasteiger charge is 2.32. The summed E-state index contributed by atoms with van der Waals surface area (Å²) in [7, 11) is 0. The largest absolute Gasteiger partial charge is 0.508 e. The number of fused-ring (bicyclic) bond motifs is 1. The number of aromatic nitrogens is 3. The summed E-state index contributed by atoms with van der Waals surface area (Å²) >= 11 is 1.67. The number of anilines is 1. The van der Waals surface area contributed by atoms with Crippen LogP contribution in [0.15, 0.2) is 65.7 Å². The predicted octanol–water partition coefficient (Wildman–Crippen LogP) is 6.29. The Balaban J connectivity index is 0.00000304. The third-order valence-electron chi connectivity index (χ3n) is 6.67. The zero-order valence-electron chi connectivity index (χ0n) is 20.5. The van der Waals surface area contributed by atoms with Crippen molar-refractivity contribution in [2.75, 3.05) is 4.90 Å². The second-order valence-electron chi connectivity index (χ2n) is 9.49. The van der Waals surface area contributed by atoms with Crippen molar-refractivity contribution in [2.24, 2.45) is 0 Å². The summed E-state index contributed by atoms with van der Waals surface area (Å²) in [5.41, 5.74) is 5.79. The summed E-state index contributed by atoms with van der Waals surface area (Å²) < 4.78 is 1.91. The molecular weight excluding hydrogens is 492 g/mol. The maximum Gasteiger partial charge on any atom is 0.234 e. The van der Waals surface area contributed by atoms with Crippen LogP contribution in [0.4, 0.5) is 5.69 Å². The van der Waals surface area contributed by atoms with Crippen molar-refractivity contribution in [1.29, 1.82) is 0 Å². The first-order valence-corrected chi connectivity index (χ1v) is 13.0. The summed E-state index contributed by atoms with van der Waals surface area (Å²) in [4.78, 5) is 20.5. The molecular formula is C28H31ClN4O2S. The summed E-state index contributed by atoms with van der Waals surface area (Å²) in [6, 6.07) is 11.6. The Kier molecular flexibility index (Phi) is 8.11. The van der Waals surface area contributed by atoms with E-state index in [2.05, 4.69) is 40.8 Å². The molecule has 3 aromatic heterocycles. The van der Waals surface area contributed by atoms with Crippen LogP contribution >= 0.6 is 23.7 Å². The van der Waals surface area contributed by atoms with Crippen molar-refractivity contribution >= 4 is 35.3 Å². The van der Waals surface area contributed by atoms with Gasteiger partial charge in [0.1, 0.15) is 5.75 Å². The van der Waals surface area contributed by atoms with Gasteiger partial charge in [0.2, 0.25) is 5.91 Å². The number of rotatable bonds is 7. The average molecular weight is 523 g/mol. The first kappa shape index (κ1) is 25.9. The third-order valence-corrected chi connectivity index (χ3v) is 7.40. The zero-order valence-corrected chi connectivity index (χ0v) is 22.1. The number of thiophene rings is 1. The SMILES string of the molecule is CC(C)c1ccc(N(Cc2cnn(Cc3ccsc3)c2)C(=O)C2CCCc3c(O)cccc32)cn1.Cl. The molecule has 1 amide bonds. The van der Waals surface area contributed by atoms with E-state index in [0.717, 1.165) is 47.3 Å². The van der Waals surface area contributed by atoms with Crippen LogP contribution in [-0.4, -0.2) is 25.8 Å². The summed E-state index contributed by atoms with van der Waals surface area (Å²) in [6.07, 6.45) is 8.08. The van der Waals surface area contributed by atoms with Crippen LogP contribution in [0.5, 0.6) is 5.75 Å². The Hall–Kier alpha value is -3.16. The second kappa shape index (κ2) is 11.3. The van der Waals surface area contributed by atoms with Gasteiger partial charge >= 0.3 is 0 Å². The molecule has 0 aliphatic heterocycles. The highest BCUT2D eigenvalue weighted by atomic mass is 35.5.